The number of imidazole rings is 1. The largest absolute Gasteiger partial charge is 0.464 e. The number of methoxy groups -OCH3 is 1. The first-order valence-electron chi connectivity index (χ1n) is 4.52. The third kappa shape index (κ3) is 1.25. The van der Waals surface area contributed by atoms with Gasteiger partial charge in [-0.3, -0.25) is 9.55 Å². The van der Waals surface area contributed by atoms with Crippen LogP contribution in [0.5, 0.6) is 0 Å². The van der Waals surface area contributed by atoms with E-state index in [2.05, 4.69) is 9.72 Å². The van der Waals surface area contributed by atoms with Crippen molar-refractivity contribution < 1.29 is 9.53 Å². The van der Waals surface area contributed by atoms with Gasteiger partial charge in [-0.1, -0.05) is 0 Å². The summed E-state index contributed by atoms with van der Waals surface area (Å²) < 4.78 is 6.09. The molecule has 0 bridgehead atoms. The standard InChI is InChI=1S/C9H12N2O3/c1-11-7(5-3-4-5)6(8(12)14-2)10-9(11)13/h5H,3-4H2,1-2H3,(H,10,13). The second-order valence-corrected chi connectivity index (χ2v) is 3.52. The van der Waals surface area contributed by atoms with Crippen molar-refractivity contribution >= 4 is 5.97 Å². The highest BCUT2D eigenvalue weighted by atomic mass is 16.5. The Hall–Kier alpha value is -1.52. The molecule has 1 N–H and O–H groups in total. The van der Waals surface area contributed by atoms with Crippen LogP contribution in [-0.2, 0) is 11.8 Å². The number of ether oxygens (including phenoxy) is 1. The number of hydrogen-bond acceptors (Lipinski definition) is 3. The van der Waals surface area contributed by atoms with E-state index in [-0.39, 0.29) is 5.69 Å². The van der Waals surface area contributed by atoms with Crippen LogP contribution in [0, 0.1) is 0 Å². The van der Waals surface area contributed by atoms with Crippen LogP contribution < -0.4 is 5.69 Å². The number of nitrogens with zero attached hydrogens (tertiary/aromatic N) is 1. The molecule has 0 aliphatic heterocycles. The van der Waals surface area contributed by atoms with E-state index >= 15 is 0 Å². The second kappa shape index (κ2) is 3.01. The van der Waals surface area contributed by atoms with Crippen LogP contribution in [0.15, 0.2) is 4.79 Å². The molecule has 0 radical (unpaired) electrons. The lowest BCUT2D eigenvalue weighted by Crippen LogP contribution is -2.13. The van der Waals surface area contributed by atoms with Crippen LogP contribution in [0.2, 0.25) is 0 Å². The van der Waals surface area contributed by atoms with E-state index in [1.54, 1.807) is 7.05 Å². The lowest BCUT2D eigenvalue weighted by atomic mass is 10.2. The fourth-order valence-electron chi connectivity index (χ4n) is 1.62. The highest BCUT2D eigenvalue weighted by Gasteiger charge is 2.32. The molecule has 0 spiro atoms. The number of hydrogen-bond donors (Lipinski definition) is 1. The lowest BCUT2D eigenvalue weighted by molar-refractivity contribution is 0.0593. The molecule has 0 unspecified atom stereocenters. The maximum Gasteiger partial charge on any atom is 0.356 e. The van der Waals surface area contributed by atoms with Gasteiger partial charge >= 0.3 is 11.7 Å². The number of nitrogens with one attached hydrogen (secondary N) is 1. The molecule has 2 rings (SSSR count). The summed E-state index contributed by atoms with van der Waals surface area (Å²) in [6, 6.07) is 0. The molecule has 1 aliphatic carbocycles. The van der Waals surface area contributed by atoms with Crippen molar-refractivity contribution in [2.24, 2.45) is 7.05 Å². The number of carbonyl (C=O) groups is 1. The average Bonchev–Trinajstić information content (AvgIpc) is 2.95. The minimum absolute atomic E-state index is 0.257. The highest BCUT2D eigenvalue weighted by Crippen LogP contribution is 2.40. The lowest BCUT2D eigenvalue weighted by Gasteiger charge is -2.01. The first kappa shape index (κ1) is 9.05. The Kier molecular flexibility index (Phi) is 1.94. The first-order valence-corrected chi connectivity index (χ1v) is 4.52. The van der Waals surface area contributed by atoms with Crippen LogP contribution in [0.1, 0.15) is 34.9 Å². The third-order valence-corrected chi connectivity index (χ3v) is 2.51. The molecule has 0 aromatic carbocycles. The summed E-state index contributed by atoms with van der Waals surface area (Å²) in [5.74, 6) is -0.127. The number of carbonyl (C=O) groups excluding carboxylic acids is 1. The average molecular weight is 196 g/mol. The van der Waals surface area contributed by atoms with Crippen molar-refractivity contribution in [3.05, 3.63) is 21.9 Å². The molecular formula is C9H12N2O3. The SMILES string of the molecule is COC(=O)c1[nH]c(=O)n(C)c1C1CC1. The molecule has 5 heteroatoms. The normalized spacial score (nSPS) is 15.6. The number of esters is 1. The van der Waals surface area contributed by atoms with Crippen molar-refractivity contribution in [2.45, 2.75) is 18.8 Å². The van der Waals surface area contributed by atoms with Gasteiger partial charge in [-0.25, -0.2) is 9.59 Å². The Morgan fingerprint density at radius 3 is 2.71 bits per heavy atom. The molecule has 1 aromatic rings. The van der Waals surface area contributed by atoms with Crippen molar-refractivity contribution in [3.63, 3.8) is 0 Å². The summed E-state index contributed by atoms with van der Waals surface area (Å²) in [4.78, 5) is 25.2. The zero-order valence-electron chi connectivity index (χ0n) is 8.16. The van der Waals surface area contributed by atoms with Gasteiger partial charge in [0.1, 0.15) is 5.69 Å². The van der Waals surface area contributed by atoms with Gasteiger partial charge in [-0.15, -0.1) is 0 Å². The summed E-state index contributed by atoms with van der Waals surface area (Å²) in [7, 11) is 2.98. The fourth-order valence-corrected chi connectivity index (χ4v) is 1.62. The van der Waals surface area contributed by atoms with Crippen LogP contribution in [0.4, 0.5) is 0 Å². The Morgan fingerprint density at radius 1 is 1.57 bits per heavy atom. The molecular weight excluding hydrogens is 184 g/mol. The maximum atomic E-state index is 11.3. The van der Waals surface area contributed by atoms with E-state index in [0.29, 0.717) is 11.6 Å². The minimum atomic E-state index is -0.468. The topological polar surface area (TPSA) is 64.1 Å². The number of aromatic nitrogens is 2. The number of rotatable bonds is 2. The van der Waals surface area contributed by atoms with Crippen molar-refractivity contribution in [2.75, 3.05) is 7.11 Å². The summed E-state index contributed by atoms with van der Waals surface area (Å²) >= 11 is 0. The smallest absolute Gasteiger partial charge is 0.356 e. The van der Waals surface area contributed by atoms with Gasteiger partial charge < -0.3 is 4.74 Å². The van der Waals surface area contributed by atoms with Crippen LogP contribution in [0.3, 0.4) is 0 Å². The maximum absolute atomic E-state index is 11.3. The molecule has 0 saturated heterocycles. The van der Waals surface area contributed by atoms with E-state index in [4.69, 9.17) is 0 Å². The highest BCUT2D eigenvalue weighted by molar-refractivity contribution is 5.88. The van der Waals surface area contributed by atoms with Gasteiger partial charge in [0.2, 0.25) is 0 Å². The molecule has 0 amide bonds. The Balaban J connectivity index is 2.53. The summed E-state index contributed by atoms with van der Waals surface area (Å²) in [6.07, 6.45) is 2.07. The zero-order valence-corrected chi connectivity index (χ0v) is 8.16. The molecule has 5 nitrogen and oxygen atoms in total. The van der Waals surface area contributed by atoms with Crippen LogP contribution >= 0.6 is 0 Å². The van der Waals surface area contributed by atoms with E-state index < -0.39 is 5.97 Å². The van der Waals surface area contributed by atoms with Crippen molar-refractivity contribution in [1.29, 1.82) is 0 Å². The number of H-pyrrole nitrogens is 1. The monoisotopic (exact) mass is 196 g/mol. The van der Waals surface area contributed by atoms with Gasteiger partial charge in [0.05, 0.1) is 12.8 Å². The van der Waals surface area contributed by atoms with Gasteiger partial charge in [-0.05, 0) is 12.8 Å². The molecule has 1 aliphatic rings. The van der Waals surface area contributed by atoms with Crippen LogP contribution in [-0.4, -0.2) is 22.6 Å². The molecule has 14 heavy (non-hydrogen) atoms. The third-order valence-electron chi connectivity index (χ3n) is 2.51. The molecule has 1 aromatic heterocycles. The predicted molar refractivity (Wildman–Crippen MR) is 49.3 cm³/mol. The van der Waals surface area contributed by atoms with Crippen molar-refractivity contribution in [3.8, 4) is 0 Å². The van der Waals surface area contributed by atoms with Gasteiger partial charge in [0.25, 0.3) is 0 Å². The molecule has 1 saturated carbocycles. The molecule has 76 valence electrons. The molecule has 1 heterocycles. The summed E-state index contributed by atoms with van der Waals surface area (Å²) in [5, 5.41) is 0. The van der Waals surface area contributed by atoms with E-state index in [1.807, 2.05) is 0 Å². The summed E-state index contributed by atoms with van der Waals surface area (Å²) in [5.41, 5.74) is 0.830. The zero-order chi connectivity index (χ0) is 10.3. The Morgan fingerprint density at radius 2 is 2.21 bits per heavy atom. The van der Waals surface area contributed by atoms with Crippen LogP contribution in [0.25, 0.3) is 0 Å². The quantitative estimate of drug-likeness (QED) is 0.695. The van der Waals surface area contributed by atoms with Gasteiger partial charge in [-0.2, -0.15) is 0 Å². The second-order valence-electron chi connectivity index (χ2n) is 3.52. The summed E-state index contributed by atoms with van der Waals surface area (Å²) in [6.45, 7) is 0. The number of aromatic amines is 1. The molecule has 1 fully saturated rings. The van der Waals surface area contributed by atoms with E-state index in [9.17, 15) is 9.59 Å². The molecule has 0 atom stereocenters. The fraction of sp³-hybridized carbons (Fsp3) is 0.556. The minimum Gasteiger partial charge on any atom is -0.464 e. The predicted octanol–water partition coefficient (Wildman–Crippen LogP) is 0.377. The Bertz CT molecular complexity index is 426. The van der Waals surface area contributed by atoms with Gasteiger partial charge in [0.15, 0.2) is 0 Å². The Labute approximate surface area is 80.7 Å². The van der Waals surface area contributed by atoms with E-state index in [1.165, 1.54) is 11.7 Å². The van der Waals surface area contributed by atoms with Gasteiger partial charge in [0, 0.05) is 13.0 Å². The van der Waals surface area contributed by atoms with Crippen molar-refractivity contribution in [1.82, 2.24) is 9.55 Å². The van der Waals surface area contributed by atoms with E-state index in [0.717, 1.165) is 18.5 Å². The first-order chi connectivity index (χ1) is 6.65.